The molecule has 3 aromatic carbocycles. The minimum Gasteiger partial charge on any atom is -0.307 e. The van der Waals surface area contributed by atoms with Crippen LogP contribution in [0.2, 0.25) is 0 Å². The summed E-state index contributed by atoms with van der Waals surface area (Å²) in [5.74, 6) is -0.0125. The lowest BCUT2D eigenvalue weighted by atomic mass is 10.1. The molecule has 0 bridgehead atoms. The maximum atomic E-state index is 13.2. The Bertz CT molecular complexity index is 1040. The van der Waals surface area contributed by atoms with Crippen molar-refractivity contribution in [3.05, 3.63) is 100 Å². The minimum absolute atomic E-state index is 0.0125. The molecular formula is C23H20N2O3S. The first-order valence-electron chi connectivity index (χ1n) is 9.44. The normalized spacial score (nSPS) is 16.2. The molecule has 29 heavy (non-hydrogen) atoms. The monoisotopic (exact) mass is 404 g/mol. The summed E-state index contributed by atoms with van der Waals surface area (Å²) in [5.41, 5.74) is 2.58. The number of benzene rings is 3. The van der Waals surface area contributed by atoms with E-state index in [2.05, 4.69) is 12.1 Å². The molecule has 0 N–H and O–H groups in total. The van der Waals surface area contributed by atoms with Gasteiger partial charge in [-0.3, -0.25) is 14.9 Å². The third kappa shape index (κ3) is 4.32. The molecular weight excluding hydrogens is 384 g/mol. The van der Waals surface area contributed by atoms with Gasteiger partial charge in [-0.15, -0.1) is 11.8 Å². The molecule has 1 unspecified atom stereocenters. The Kier molecular flexibility index (Phi) is 5.62. The lowest BCUT2D eigenvalue weighted by molar-refractivity contribution is -0.385. The van der Waals surface area contributed by atoms with Gasteiger partial charge in [-0.1, -0.05) is 60.7 Å². The second kappa shape index (κ2) is 8.49. The molecule has 1 heterocycles. The summed E-state index contributed by atoms with van der Waals surface area (Å²) in [6, 6.07) is 24.6. The van der Waals surface area contributed by atoms with Crippen LogP contribution in [-0.2, 0) is 17.8 Å². The second-order valence-electron chi connectivity index (χ2n) is 6.97. The van der Waals surface area contributed by atoms with E-state index < -0.39 is 4.92 Å². The maximum Gasteiger partial charge on any atom is 0.274 e. The zero-order chi connectivity index (χ0) is 20.2. The quantitative estimate of drug-likeness (QED) is 0.431. The fourth-order valence-electron chi connectivity index (χ4n) is 3.60. The van der Waals surface area contributed by atoms with E-state index >= 15 is 0 Å². The Hall–Kier alpha value is -3.12. The van der Waals surface area contributed by atoms with Crippen LogP contribution in [0.1, 0.15) is 17.5 Å². The summed E-state index contributed by atoms with van der Waals surface area (Å²) in [7, 11) is 0. The van der Waals surface area contributed by atoms with E-state index in [9.17, 15) is 14.9 Å². The molecule has 0 saturated carbocycles. The molecule has 4 rings (SSSR count). The minimum atomic E-state index is -0.392. The van der Waals surface area contributed by atoms with Gasteiger partial charge >= 0.3 is 0 Å². The zero-order valence-electron chi connectivity index (χ0n) is 15.7. The molecule has 0 aromatic heterocycles. The SMILES string of the molecule is O=C1CC(Cc2ccccc2)Sc2ccccc2N1Cc1ccccc1[N+](=O)[O-]. The van der Waals surface area contributed by atoms with Crippen molar-refractivity contribution in [2.45, 2.75) is 29.5 Å². The maximum absolute atomic E-state index is 13.2. The van der Waals surface area contributed by atoms with Gasteiger partial charge in [-0.2, -0.15) is 0 Å². The van der Waals surface area contributed by atoms with Crippen molar-refractivity contribution in [1.29, 1.82) is 0 Å². The van der Waals surface area contributed by atoms with E-state index in [1.165, 1.54) is 11.6 Å². The Morgan fingerprint density at radius 1 is 0.966 bits per heavy atom. The average molecular weight is 404 g/mol. The van der Waals surface area contributed by atoms with Crippen molar-refractivity contribution in [2.24, 2.45) is 0 Å². The standard InChI is InChI=1S/C23H20N2O3S/c26-23-15-19(14-17-8-2-1-3-9-17)29-22-13-7-6-12-21(22)24(23)16-18-10-4-5-11-20(18)25(27)28/h1-13,19H,14-16H2. The number of nitro benzene ring substituents is 1. The highest BCUT2D eigenvalue weighted by atomic mass is 32.2. The van der Waals surface area contributed by atoms with Gasteiger partial charge in [0.2, 0.25) is 5.91 Å². The number of fused-ring (bicyclic) bond motifs is 1. The van der Waals surface area contributed by atoms with Crippen molar-refractivity contribution >= 4 is 29.0 Å². The highest BCUT2D eigenvalue weighted by molar-refractivity contribution is 8.00. The largest absolute Gasteiger partial charge is 0.307 e. The van der Waals surface area contributed by atoms with E-state index in [4.69, 9.17) is 0 Å². The predicted octanol–water partition coefficient (Wildman–Crippen LogP) is 5.24. The number of carbonyl (C=O) groups excluding carboxylic acids is 1. The molecule has 1 amide bonds. The van der Waals surface area contributed by atoms with Gasteiger partial charge in [0.1, 0.15) is 0 Å². The third-order valence-electron chi connectivity index (χ3n) is 4.98. The summed E-state index contributed by atoms with van der Waals surface area (Å²) >= 11 is 1.70. The topological polar surface area (TPSA) is 63.5 Å². The average Bonchev–Trinajstić information content (AvgIpc) is 2.85. The van der Waals surface area contributed by atoms with Crippen LogP contribution in [-0.4, -0.2) is 16.1 Å². The van der Waals surface area contributed by atoms with Gasteiger partial charge in [-0.05, 0) is 24.1 Å². The lowest BCUT2D eigenvalue weighted by Crippen LogP contribution is -2.31. The molecule has 3 aromatic rings. The Morgan fingerprint density at radius 2 is 1.66 bits per heavy atom. The van der Waals surface area contributed by atoms with E-state index in [-0.39, 0.29) is 23.4 Å². The molecule has 0 radical (unpaired) electrons. The molecule has 0 fully saturated rings. The number of nitrogens with zero attached hydrogens (tertiary/aromatic N) is 2. The van der Waals surface area contributed by atoms with Gasteiger partial charge in [0.05, 0.1) is 17.2 Å². The molecule has 5 nitrogen and oxygen atoms in total. The molecule has 6 heteroatoms. The first-order valence-corrected chi connectivity index (χ1v) is 10.3. The number of hydrogen-bond donors (Lipinski definition) is 0. The molecule has 0 saturated heterocycles. The fourth-order valence-corrected chi connectivity index (χ4v) is 4.91. The summed E-state index contributed by atoms with van der Waals surface area (Å²) in [5, 5.41) is 11.5. The lowest BCUT2D eigenvalue weighted by Gasteiger charge is -2.22. The van der Waals surface area contributed by atoms with Crippen molar-refractivity contribution in [2.75, 3.05) is 4.90 Å². The highest BCUT2D eigenvalue weighted by Gasteiger charge is 2.29. The van der Waals surface area contributed by atoms with Gasteiger partial charge in [0.15, 0.2) is 0 Å². The summed E-state index contributed by atoms with van der Waals surface area (Å²) in [4.78, 5) is 26.9. The van der Waals surface area contributed by atoms with Crippen molar-refractivity contribution < 1.29 is 9.72 Å². The first-order chi connectivity index (χ1) is 14.1. The number of anilines is 1. The number of para-hydroxylation sites is 2. The summed E-state index contributed by atoms with van der Waals surface area (Å²) in [6.07, 6.45) is 1.18. The zero-order valence-corrected chi connectivity index (χ0v) is 16.5. The molecule has 0 spiro atoms. The first kappa shape index (κ1) is 19.2. The van der Waals surface area contributed by atoms with Crippen LogP contribution in [0.5, 0.6) is 0 Å². The van der Waals surface area contributed by atoms with Crippen LogP contribution in [0.15, 0.2) is 83.8 Å². The Balaban J connectivity index is 1.66. The van der Waals surface area contributed by atoms with E-state index in [0.29, 0.717) is 12.0 Å². The third-order valence-corrected chi connectivity index (χ3v) is 6.24. The molecule has 0 aliphatic carbocycles. The highest BCUT2D eigenvalue weighted by Crippen LogP contribution is 2.40. The van der Waals surface area contributed by atoms with E-state index in [1.807, 2.05) is 42.5 Å². The molecule has 1 atom stereocenters. The number of rotatable bonds is 5. The number of nitro groups is 1. The Morgan fingerprint density at radius 3 is 2.45 bits per heavy atom. The second-order valence-corrected chi connectivity index (χ2v) is 8.31. The van der Waals surface area contributed by atoms with Crippen LogP contribution < -0.4 is 4.90 Å². The molecule has 1 aliphatic rings. The number of amides is 1. The number of carbonyl (C=O) groups is 1. The summed E-state index contributed by atoms with van der Waals surface area (Å²) in [6.45, 7) is 0.186. The van der Waals surface area contributed by atoms with Gasteiger partial charge in [0.25, 0.3) is 5.69 Å². The smallest absolute Gasteiger partial charge is 0.274 e. The van der Waals surface area contributed by atoms with Gasteiger partial charge in [-0.25, -0.2) is 0 Å². The predicted molar refractivity (Wildman–Crippen MR) is 115 cm³/mol. The molecule has 146 valence electrons. The fraction of sp³-hybridized carbons (Fsp3) is 0.174. The van der Waals surface area contributed by atoms with Gasteiger partial charge in [0, 0.05) is 28.2 Å². The summed E-state index contributed by atoms with van der Waals surface area (Å²) < 4.78 is 0. The van der Waals surface area contributed by atoms with E-state index in [1.54, 1.807) is 34.9 Å². The molecule has 1 aliphatic heterocycles. The van der Waals surface area contributed by atoms with Crippen molar-refractivity contribution in [3.63, 3.8) is 0 Å². The van der Waals surface area contributed by atoms with Crippen molar-refractivity contribution in [1.82, 2.24) is 0 Å². The van der Waals surface area contributed by atoms with Crippen LogP contribution in [0.25, 0.3) is 0 Å². The van der Waals surface area contributed by atoms with Crippen LogP contribution in [0, 0.1) is 10.1 Å². The van der Waals surface area contributed by atoms with Crippen LogP contribution >= 0.6 is 11.8 Å². The Labute approximate surface area is 173 Å². The number of hydrogen-bond acceptors (Lipinski definition) is 4. The number of thioether (sulfide) groups is 1. The van der Waals surface area contributed by atoms with E-state index in [0.717, 1.165) is 17.0 Å². The van der Waals surface area contributed by atoms with Gasteiger partial charge < -0.3 is 4.90 Å². The van der Waals surface area contributed by atoms with Crippen molar-refractivity contribution in [3.8, 4) is 0 Å². The van der Waals surface area contributed by atoms with Crippen LogP contribution in [0.3, 0.4) is 0 Å². The van der Waals surface area contributed by atoms with Crippen LogP contribution in [0.4, 0.5) is 11.4 Å².